The van der Waals surface area contributed by atoms with Gasteiger partial charge >= 0.3 is 0 Å². The lowest BCUT2D eigenvalue weighted by Crippen LogP contribution is -2.31. The SMILES string of the molecule is CCCC[C@@H]1C[C@H]1[C@@H](NC(=O)Cc1ccccc1)c1ccc(Cl)cc1. The molecule has 0 bridgehead atoms. The number of halogens is 1. The molecule has 1 aliphatic rings. The highest BCUT2D eigenvalue weighted by Gasteiger charge is 2.43. The maximum atomic E-state index is 12.6. The Bertz CT molecular complexity index is 683. The van der Waals surface area contributed by atoms with Gasteiger partial charge in [-0.2, -0.15) is 0 Å². The second-order valence-electron chi connectivity index (χ2n) is 7.06. The number of nitrogens with one attached hydrogen (secondary N) is 1. The third-order valence-electron chi connectivity index (χ3n) is 5.09. The van der Waals surface area contributed by atoms with E-state index in [9.17, 15) is 4.79 Å². The van der Waals surface area contributed by atoms with Crippen LogP contribution < -0.4 is 5.32 Å². The molecule has 0 aliphatic heterocycles. The van der Waals surface area contributed by atoms with Crippen molar-refractivity contribution >= 4 is 17.5 Å². The molecule has 132 valence electrons. The van der Waals surface area contributed by atoms with Crippen molar-refractivity contribution in [1.82, 2.24) is 5.32 Å². The van der Waals surface area contributed by atoms with Crippen LogP contribution in [-0.4, -0.2) is 5.91 Å². The monoisotopic (exact) mass is 355 g/mol. The maximum Gasteiger partial charge on any atom is 0.224 e. The normalized spacial score (nSPS) is 20.1. The van der Waals surface area contributed by atoms with Gasteiger partial charge in [0.15, 0.2) is 0 Å². The minimum Gasteiger partial charge on any atom is -0.349 e. The summed E-state index contributed by atoms with van der Waals surface area (Å²) in [6.45, 7) is 2.23. The predicted octanol–water partition coefficient (Wildman–Crippen LogP) is 5.57. The van der Waals surface area contributed by atoms with Gasteiger partial charge in [-0.3, -0.25) is 4.79 Å². The number of hydrogen-bond donors (Lipinski definition) is 1. The Morgan fingerprint density at radius 2 is 1.88 bits per heavy atom. The number of benzene rings is 2. The Morgan fingerprint density at radius 3 is 2.56 bits per heavy atom. The lowest BCUT2D eigenvalue weighted by molar-refractivity contribution is -0.121. The fourth-order valence-corrected chi connectivity index (χ4v) is 3.72. The molecule has 0 saturated heterocycles. The third kappa shape index (κ3) is 5.09. The number of carbonyl (C=O) groups excluding carboxylic acids is 1. The van der Waals surface area contributed by atoms with Crippen molar-refractivity contribution in [2.75, 3.05) is 0 Å². The first-order valence-electron chi connectivity index (χ1n) is 9.26. The van der Waals surface area contributed by atoms with Gasteiger partial charge in [-0.1, -0.05) is 80.3 Å². The van der Waals surface area contributed by atoms with E-state index in [1.807, 2.05) is 54.6 Å². The van der Waals surface area contributed by atoms with Crippen molar-refractivity contribution in [2.45, 2.75) is 45.1 Å². The van der Waals surface area contributed by atoms with Crippen molar-refractivity contribution in [2.24, 2.45) is 11.8 Å². The van der Waals surface area contributed by atoms with Crippen molar-refractivity contribution < 1.29 is 4.79 Å². The van der Waals surface area contributed by atoms with E-state index in [0.29, 0.717) is 12.3 Å². The number of unbranched alkanes of at least 4 members (excludes halogenated alkanes) is 1. The number of amides is 1. The van der Waals surface area contributed by atoms with Gasteiger partial charge in [0.2, 0.25) is 5.91 Å². The quantitative estimate of drug-likeness (QED) is 0.659. The van der Waals surface area contributed by atoms with Crippen LogP contribution in [0.3, 0.4) is 0 Å². The van der Waals surface area contributed by atoms with Gasteiger partial charge in [0, 0.05) is 5.02 Å². The second kappa shape index (κ2) is 8.53. The Kier molecular flexibility index (Phi) is 6.14. The van der Waals surface area contributed by atoms with Crippen molar-refractivity contribution in [3.63, 3.8) is 0 Å². The van der Waals surface area contributed by atoms with Crippen LogP contribution in [0.15, 0.2) is 54.6 Å². The zero-order valence-electron chi connectivity index (χ0n) is 14.7. The molecule has 2 nitrogen and oxygen atoms in total. The summed E-state index contributed by atoms with van der Waals surface area (Å²) in [4.78, 5) is 12.6. The fraction of sp³-hybridized carbons (Fsp3) is 0.409. The highest BCUT2D eigenvalue weighted by Crippen LogP contribution is 2.50. The Labute approximate surface area is 155 Å². The van der Waals surface area contributed by atoms with Crippen LogP contribution in [0.1, 0.15) is 49.8 Å². The van der Waals surface area contributed by atoms with Gasteiger partial charge in [-0.25, -0.2) is 0 Å². The molecule has 3 heteroatoms. The summed E-state index contributed by atoms with van der Waals surface area (Å²) in [6, 6.07) is 17.9. The van der Waals surface area contributed by atoms with Crippen LogP contribution in [0.25, 0.3) is 0 Å². The molecule has 1 aliphatic carbocycles. The van der Waals surface area contributed by atoms with E-state index in [0.717, 1.165) is 22.1 Å². The number of carbonyl (C=O) groups is 1. The standard InChI is InChI=1S/C22H26ClNO/c1-2-3-9-18-15-20(18)22(17-10-12-19(23)13-11-17)24-21(25)14-16-7-5-4-6-8-16/h4-8,10-13,18,20,22H,2-3,9,14-15H2,1H3,(H,24,25)/t18-,20-,22+/m1/s1. The van der Waals surface area contributed by atoms with Crippen LogP contribution in [0.2, 0.25) is 5.02 Å². The Hall–Kier alpha value is -1.80. The summed E-state index contributed by atoms with van der Waals surface area (Å²) in [7, 11) is 0. The van der Waals surface area contributed by atoms with Gasteiger partial charge < -0.3 is 5.32 Å². The average Bonchev–Trinajstić information content (AvgIpc) is 3.39. The molecule has 0 unspecified atom stereocenters. The van der Waals surface area contributed by atoms with Crippen LogP contribution in [0.4, 0.5) is 0 Å². The zero-order valence-corrected chi connectivity index (χ0v) is 15.5. The Balaban J connectivity index is 1.68. The van der Waals surface area contributed by atoms with E-state index in [1.54, 1.807) is 0 Å². The molecule has 25 heavy (non-hydrogen) atoms. The van der Waals surface area contributed by atoms with Gasteiger partial charge in [-0.05, 0) is 41.5 Å². The Morgan fingerprint density at radius 1 is 1.16 bits per heavy atom. The third-order valence-corrected chi connectivity index (χ3v) is 5.34. The molecule has 1 N–H and O–H groups in total. The van der Waals surface area contributed by atoms with Crippen LogP contribution >= 0.6 is 11.6 Å². The molecular formula is C22H26ClNO. The summed E-state index contributed by atoms with van der Waals surface area (Å²) in [5.41, 5.74) is 2.21. The molecule has 3 atom stereocenters. The van der Waals surface area contributed by atoms with Gasteiger partial charge in [0.1, 0.15) is 0 Å². The summed E-state index contributed by atoms with van der Waals surface area (Å²) >= 11 is 6.03. The van der Waals surface area contributed by atoms with Crippen LogP contribution in [0.5, 0.6) is 0 Å². The van der Waals surface area contributed by atoms with E-state index >= 15 is 0 Å². The van der Waals surface area contributed by atoms with E-state index in [4.69, 9.17) is 11.6 Å². The van der Waals surface area contributed by atoms with Crippen LogP contribution in [0, 0.1) is 11.8 Å². The van der Waals surface area contributed by atoms with E-state index in [2.05, 4.69) is 12.2 Å². The fourth-order valence-electron chi connectivity index (χ4n) is 3.59. The molecule has 1 saturated carbocycles. The van der Waals surface area contributed by atoms with E-state index in [-0.39, 0.29) is 11.9 Å². The molecule has 1 fully saturated rings. The summed E-state index contributed by atoms with van der Waals surface area (Å²) in [5, 5.41) is 4.02. The molecule has 1 amide bonds. The molecule has 2 aromatic rings. The molecule has 0 heterocycles. The number of rotatable bonds is 8. The smallest absolute Gasteiger partial charge is 0.224 e. The predicted molar refractivity (Wildman–Crippen MR) is 104 cm³/mol. The topological polar surface area (TPSA) is 29.1 Å². The molecule has 0 aromatic heterocycles. The van der Waals surface area contributed by atoms with Gasteiger partial charge in [0.25, 0.3) is 0 Å². The minimum atomic E-state index is 0.0901. The molecule has 3 rings (SSSR count). The van der Waals surface area contributed by atoms with Gasteiger partial charge in [-0.15, -0.1) is 0 Å². The molecule has 2 aromatic carbocycles. The summed E-state index contributed by atoms with van der Waals surface area (Å²) in [6.07, 6.45) is 5.40. The highest BCUT2D eigenvalue weighted by atomic mass is 35.5. The maximum absolute atomic E-state index is 12.6. The lowest BCUT2D eigenvalue weighted by atomic mass is 9.99. The van der Waals surface area contributed by atoms with Crippen molar-refractivity contribution in [3.8, 4) is 0 Å². The van der Waals surface area contributed by atoms with Crippen molar-refractivity contribution in [3.05, 3.63) is 70.7 Å². The first kappa shape index (κ1) is 18.0. The summed E-state index contributed by atoms with van der Waals surface area (Å²) < 4.78 is 0. The second-order valence-corrected chi connectivity index (χ2v) is 7.50. The largest absolute Gasteiger partial charge is 0.349 e. The summed E-state index contributed by atoms with van der Waals surface area (Å²) in [5.74, 6) is 1.37. The number of hydrogen-bond acceptors (Lipinski definition) is 1. The first-order valence-corrected chi connectivity index (χ1v) is 9.64. The lowest BCUT2D eigenvalue weighted by Gasteiger charge is -2.20. The average molecular weight is 356 g/mol. The van der Waals surface area contributed by atoms with E-state index in [1.165, 1.54) is 25.7 Å². The van der Waals surface area contributed by atoms with E-state index < -0.39 is 0 Å². The molecular weight excluding hydrogens is 330 g/mol. The van der Waals surface area contributed by atoms with Crippen molar-refractivity contribution in [1.29, 1.82) is 0 Å². The van der Waals surface area contributed by atoms with Crippen LogP contribution in [-0.2, 0) is 11.2 Å². The zero-order chi connectivity index (χ0) is 17.6. The molecule has 0 spiro atoms. The van der Waals surface area contributed by atoms with Gasteiger partial charge in [0.05, 0.1) is 12.5 Å². The minimum absolute atomic E-state index is 0.0901. The molecule has 0 radical (unpaired) electrons. The highest BCUT2D eigenvalue weighted by molar-refractivity contribution is 6.30. The first-order chi connectivity index (χ1) is 12.2.